The highest BCUT2D eigenvalue weighted by molar-refractivity contribution is 9.10. The molecular formula is C20H15BrClN3O2S. The summed E-state index contributed by atoms with van der Waals surface area (Å²) in [5.41, 5.74) is 2.79. The zero-order valence-corrected chi connectivity index (χ0v) is 18.0. The number of hydrogen-bond acceptors (Lipinski definition) is 4. The molecule has 2 heterocycles. The molecule has 2 aromatic carbocycles. The number of aryl methyl sites for hydroxylation is 1. The number of halogens is 2. The fraction of sp³-hybridized carbons (Fsp3) is 0.100. The van der Waals surface area contributed by atoms with E-state index >= 15 is 0 Å². The molecule has 4 aromatic rings. The third-order valence-corrected chi connectivity index (χ3v) is 6.87. The van der Waals surface area contributed by atoms with Crippen LogP contribution in [0.25, 0.3) is 22.2 Å². The van der Waals surface area contributed by atoms with Crippen LogP contribution in [0.2, 0.25) is 5.28 Å². The summed E-state index contributed by atoms with van der Waals surface area (Å²) in [5, 5.41) is 0.892. The zero-order chi connectivity index (χ0) is 19.9. The summed E-state index contributed by atoms with van der Waals surface area (Å²) in [6.45, 7) is 1.99. The van der Waals surface area contributed by atoms with Crippen molar-refractivity contribution in [1.82, 2.24) is 13.9 Å². The third kappa shape index (κ3) is 3.23. The average molecular weight is 477 g/mol. The van der Waals surface area contributed by atoms with Gasteiger partial charge in [0.1, 0.15) is 0 Å². The molecule has 0 saturated carbocycles. The third-order valence-electron chi connectivity index (χ3n) is 4.50. The van der Waals surface area contributed by atoms with E-state index in [9.17, 15) is 8.42 Å². The maximum absolute atomic E-state index is 13.3. The summed E-state index contributed by atoms with van der Waals surface area (Å²) in [5.74, 6) is 0. The Morgan fingerprint density at radius 1 is 1.14 bits per heavy atom. The first-order valence-corrected chi connectivity index (χ1v) is 11.2. The van der Waals surface area contributed by atoms with Crippen molar-refractivity contribution in [3.63, 3.8) is 0 Å². The van der Waals surface area contributed by atoms with Crippen LogP contribution in [0.3, 0.4) is 0 Å². The quantitative estimate of drug-likeness (QED) is 0.374. The minimum absolute atomic E-state index is 0.121. The first kappa shape index (κ1) is 19.1. The molecule has 28 heavy (non-hydrogen) atoms. The predicted molar refractivity (Wildman–Crippen MR) is 114 cm³/mol. The van der Waals surface area contributed by atoms with E-state index in [4.69, 9.17) is 11.6 Å². The Morgan fingerprint density at radius 3 is 2.61 bits per heavy atom. The van der Waals surface area contributed by atoms with Crippen molar-refractivity contribution < 1.29 is 8.42 Å². The number of benzene rings is 2. The van der Waals surface area contributed by atoms with Crippen molar-refractivity contribution in [2.75, 3.05) is 0 Å². The minimum Gasteiger partial charge on any atom is -0.240 e. The van der Waals surface area contributed by atoms with Gasteiger partial charge in [-0.05, 0) is 47.9 Å². The van der Waals surface area contributed by atoms with Crippen LogP contribution in [0.4, 0.5) is 0 Å². The maximum atomic E-state index is 13.3. The van der Waals surface area contributed by atoms with Gasteiger partial charge in [0.25, 0.3) is 10.0 Å². The topological polar surface area (TPSA) is 64.8 Å². The molecular weight excluding hydrogens is 462 g/mol. The van der Waals surface area contributed by atoms with E-state index in [-0.39, 0.29) is 10.2 Å². The minimum atomic E-state index is -3.78. The van der Waals surface area contributed by atoms with E-state index in [1.807, 2.05) is 19.1 Å². The lowest BCUT2D eigenvalue weighted by Gasteiger charge is -2.07. The summed E-state index contributed by atoms with van der Waals surface area (Å²) in [7, 11) is -3.78. The van der Waals surface area contributed by atoms with Crippen molar-refractivity contribution in [3.8, 4) is 11.3 Å². The lowest BCUT2D eigenvalue weighted by atomic mass is 10.0. The van der Waals surface area contributed by atoms with Crippen molar-refractivity contribution in [1.29, 1.82) is 0 Å². The van der Waals surface area contributed by atoms with E-state index in [1.165, 1.54) is 3.97 Å². The van der Waals surface area contributed by atoms with Gasteiger partial charge in [0.2, 0.25) is 5.28 Å². The molecule has 0 spiro atoms. The van der Waals surface area contributed by atoms with Crippen LogP contribution in [0.15, 0.2) is 70.3 Å². The molecule has 0 saturated heterocycles. The van der Waals surface area contributed by atoms with Crippen molar-refractivity contribution in [3.05, 3.63) is 76.2 Å². The molecule has 4 rings (SSSR count). The largest absolute Gasteiger partial charge is 0.268 e. The van der Waals surface area contributed by atoms with E-state index in [0.717, 1.165) is 15.4 Å². The molecule has 142 valence electrons. The highest BCUT2D eigenvalue weighted by Gasteiger charge is 2.23. The highest BCUT2D eigenvalue weighted by atomic mass is 79.9. The van der Waals surface area contributed by atoms with Crippen LogP contribution < -0.4 is 0 Å². The highest BCUT2D eigenvalue weighted by Crippen LogP contribution is 2.35. The van der Waals surface area contributed by atoms with Gasteiger partial charge in [-0.3, -0.25) is 0 Å². The number of hydrogen-bond donors (Lipinski definition) is 0. The van der Waals surface area contributed by atoms with Crippen LogP contribution in [-0.4, -0.2) is 22.4 Å². The normalized spacial score (nSPS) is 11.8. The molecule has 0 bridgehead atoms. The Hall–Kier alpha value is -2.22. The van der Waals surface area contributed by atoms with E-state index < -0.39 is 10.0 Å². The SMILES string of the molecule is CCc1cnc(Cl)nc1-c1cn(S(=O)(=O)c2ccccc2)c2cc(Br)ccc12. The van der Waals surface area contributed by atoms with Crippen LogP contribution in [0, 0.1) is 0 Å². The number of rotatable bonds is 4. The van der Waals surface area contributed by atoms with E-state index in [0.29, 0.717) is 23.2 Å². The van der Waals surface area contributed by atoms with E-state index in [2.05, 4.69) is 25.9 Å². The van der Waals surface area contributed by atoms with Gasteiger partial charge in [0, 0.05) is 27.8 Å². The predicted octanol–water partition coefficient (Wildman–Crippen LogP) is 5.31. The Kier molecular flexibility index (Phi) is 4.99. The molecule has 0 atom stereocenters. The first-order valence-electron chi connectivity index (χ1n) is 8.55. The summed E-state index contributed by atoms with van der Waals surface area (Å²) in [4.78, 5) is 8.66. The standard InChI is InChI=1S/C20H15BrClN3O2S/c1-2-13-11-23-20(22)24-19(13)17-12-25(18-10-14(21)8-9-16(17)18)28(26,27)15-6-4-3-5-7-15/h3-12H,2H2,1H3. The molecule has 0 fully saturated rings. The Balaban J connectivity index is 2.06. The van der Waals surface area contributed by atoms with Crippen molar-refractivity contribution in [2.24, 2.45) is 0 Å². The van der Waals surface area contributed by atoms with Gasteiger partial charge in [0.05, 0.1) is 16.1 Å². The van der Waals surface area contributed by atoms with E-state index in [1.54, 1.807) is 48.8 Å². The fourth-order valence-electron chi connectivity index (χ4n) is 3.14. The van der Waals surface area contributed by atoms with Crippen molar-refractivity contribution in [2.45, 2.75) is 18.2 Å². The fourth-order valence-corrected chi connectivity index (χ4v) is 5.01. The van der Waals surface area contributed by atoms with Gasteiger partial charge in [-0.25, -0.2) is 22.4 Å². The second-order valence-electron chi connectivity index (χ2n) is 6.18. The maximum Gasteiger partial charge on any atom is 0.268 e. The van der Waals surface area contributed by atoms with Gasteiger partial charge >= 0.3 is 0 Å². The van der Waals surface area contributed by atoms with Crippen LogP contribution in [-0.2, 0) is 16.4 Å². The van der Waals surface area contributed by atoms with Gasteiger partial charge in [0.15, 0.2) is 0 Å². The van der Waals surface area contributed by atoms with Gasteiger partial charge in [-0.15, -0.1) is 0 Å². The molecule has 0 aliphatic carbocycles. The monoisotopic (exact) mass is 475 g/mol. The number of aromatic nitrogens is 3. The smallest absolute Gasteiger partial charge is 0.240 e. The molecule has 2 aromatic heterocycles. The lowest BCUT2D eigenvalue weighted by molar-refractivity contribution is 0.589. The molecule has 0 aliphatic rings. The van der Waals surface area contributed by atoms with Gasteiger partial charge in [-0.1, -0.05) is 47.1 Å². The number of fused-ring (bicyclic) bond motifs is 1. The summed E-state index contributed by atoms with van der Waals surface area (Å²) >= 11 is 9.48. The average Bonchev–Trinajstić information content (AvgIpc) is 3.08. The second-order valence-corrected chi connectivity index (χ2v) is 9.25. The second kappa shape index (κ2) is 7.31. The Bertz CT molecular complexity index is 1290. The molecule has 8 heteroatoms. The zero-order valence-electron chi connectivity index (χ0n) is 14.8. The van der Waals surface area contributed by atoms with Crippen molar-refractivity contribution >= 4 is 48.5 Å². The molecule has 0 radical (unpaired) electrons. The Labute approximate surface area is 176 Å². The summed E-state index contributed by atoms with van der Waals surface area (Å²) in [6.07, 6.45) is 3.98. The van der Waals surface area contributed by atoms with Crippen LogP contribution in [0.5, 0.6) is 0 Å². The molecule has 0 aliphatic heterocycles. The van der Waals surface area contributed by atoms with Gasteiger partial charge in [-0.2, -0.15) is 0 Å². The molecule has 0 N–H and O–H groups in total. The molecule has 0 amide bonds. The van der Waals surface area contributed by atoms with Gasteiger partial charge < -0.3 is 0 Å². The lowest BCUT2D eigenvalue weighted by Crippen LogP contribution is -2.11. The number of nitrogens with zero attached hydrogens (tertiary/aromatic N) is 3. The first-order chi connectivity index (χ1) is 13.4. The molecule has 0 unspecified atom stereocenters. The van der Waals surface area contributed by atoms with Crippen LogP contribution >= 0.6 is 27.5 Å². The summed E-state index contributed by atoms with van der Waals surface area (Å²) < 4.78 is 28.7. The summed E-state index contributed by atoms with van der Waals surface area (Å²) in [6, 6.07) is 13.9. The Morgan fingerprint density at radius 2 is 1.89 bits per heavy atom. The molecule has 5 nitrogen and oxygen atoms in total. The van der Waals surface area contributed by atoms with Crippen LogP contribution in [0.1, 0.15) is 12.5 Å².